The van der Waals surface area contributed by atoms with Crippen LogP contribution in [0.5, 0.6) is 0 Å². The number of hydrogen-bond donors (Lipinski definition) is 5. The number of hydrogen-bond acceptors (Lipinski definition) is 16. The number of carbonyl (C=O) groups is 3. The number of thiol groups is 2. The number of halogens is 8. The van der Waals surface area contributed by atoms with E-state index in [1.54, 1.807) is 24.1 Å². The molecule has 3 N–H and O–H groups in total. The Morgan fingerprint density at radius 3 is 1.14 bits per heavy atom. The zero-order valence-corrected chi connectivity index (χ0v) is 72.6. The third-order valence-electron chi connectivity index (χ3n) is 9.30. The third kappa shape index (κ3) is 84.0. The van der Waals surface area contributed by atoms with Crippen LogP contribution in [0.25, 0.3) is 0 Å². The molecule has 29 heteroatoms. The molecule has 1 rings (SSSR count). The van der Waals surface area contributed by atoms with Crippen LogP contribution in [0.1, 0.15) is 130 Å². The number of benzene rings is 1. The normalized spacial score (nSPS) is 11.5. The van der Waals surface area contributed by atoms with E-state index in [1.165, 1.54) is 24.1 Å². The van der Waals surface area contributed by atoms with Crippen molar-refractivity contribution < 1.29 is 75.9 Å². The monoisotopic (exact) mass is 1570 g/mol. The largest absolute Gasteiger partial charge is 1.00 e. The summed E-state index contributed by atoms with van der Waals surface area (Å²) in [5, 5.41) is 13.8. The van der Waals surface area contributed by atoms with Gasteiger partial charge in [0.25, 0.3) is 10.1 Å². The van der Waals surface area contributed by atoms with Gasteiger partial charge in [0.2, 0.25) is 0 Å². The molecule has 3 amide bonds. The molecule has 0 radical (unpaired) electrons. The molecule has 91 heavy (non-hydrogen) atoms. The van der Waals surface area contributed by atoms with Crippen LogP contribution < -0.4 is 40.2 Å². The van der Waals surface area contributed by atoms with E-state index >= 15 is 0 Å². The molecule has 1 aromatic rings. The quantitative estimate of drug-likeness (QED) is 0.0119. The van der Waals surface area contributed by atoms with Gasteiger partial charge in [-0.1, -0.05) is 86.6 Å². The number of rotatable bonds is 25. The van der Waals surface area contributed by atoms with Crippen molar-refractivity contribution in [2.24, 2.45) is 29.6 Å². The molecule has 0 unspecified atom stereocenters. The maximum absolute atomic E-state index is 12.2. The van der Waals surface area contributed by atoms with Crippen LogP contribution in [-0.4, -0.2) is 204 Å². The van der Waals surface area contributed by atoms with Gasteiger partial charge < -0.3 is 52.4 Å². The molecular formula is C62H119Cl8N4NaO10S6. The zero-order chi connectivity index (χ0) is 72.5. The first-order chi connectivity index (χ1) is 40.8. The Kier molecular flexibility index (Phi) is 72.1. The van der Waals surface area contributed by atoms with Crippen molar-refractivity contribution in [1.29, 1.82) is 0 Å². The average molecular weight is 1580 g/mol. The molecule has 0 saturated carbocycles. The van der Waals surface area contributed by atoms with Crippen molar-refractivity contribution in [2.45, 2.75) is 167 Å². The number of carbonyl (C=O) groups excluding carboxylic acids is 3. The second-order valence-electron chi connectivity index (χ2n) is 26.4. The van der Waals surface area contributed by atoms with Crippen LogP contribution in [0, 0.1) is 36.5 Å². The summed E-state index contributed by atoms with van der Waals surface area (Å²) in [6, 6.07) is 6.47. The van der Waals surface area contributed by atoms with Crippen LogP contribution in [0.15, 0.2) is 41.3 Å². The van der Waals surface area contributed by atoms with Gasteiger partial charge in [0.05, 0.1) is 11.5 Å². The Balaban J connectivity index is -0.000000152. The Bertz CT molecular complexity index is 2000. The second-order valence-corrected chi connectivity index (χ2v) is 36.0. The van der Waals surface area contributed by atoms with E-state index in [2.05, 4.69) is 84.0 Å². The molecular weight excluding hydrogens is 1460 g/mol. The summed E-state index contributed by atoms with van der Waals surface area (Å²) in [4.78, 5) is 37.6. The van der Waals surface area contributed by atoms with E-state index in [4.69, 9.17) is 129 Å². The number of alkyl carbamates (subject to hydrolysis) is 1. The van der Waals surface area contributed by atoms with E-state index in [0.717, 1.165) is 47.2 Å². The maximum atomic E-state index is 12.2. The maximum Gasteiger partial charge on any atom is 1.00 e. The van der Waals surface area contributed by atoms with E-state index in [1.807, 2.05) is 128 Å². The van der Waals surface area contributed by atoms with Crippen molar-refractivity contribution in [3.8, 4) is 0 Å². The third-order valence-corrected chi connectivity index (χ3v) is 18.0. The molecule has 0 saturated heterocycles. The van der Waals surface area contributed by atoms with Crippen molar-refractivity contribution >= 4 is 183 Å². The second kappa shape index (κ2) is 60.4. The Morgan fingerprint density at radius 1 is 0.604 bits per heavy atom. The minimum absolute atomic E-state index is 0. The zero-order valence-electron chi connectivity index (χ0n) is 59.5. The number of thioether (sulfide) groups is 2. The van der Waals surface area contributed by atoms with Gasteiger partial charge in [-0.3, -0.25) is 4.18 Å². The van der Waals surface area contributed by atoms with Gasteiger partial charge >= 0.3 is 47.8 Å². The van der Waals surface area contributed by atoms with Gasteiger partial charge in [0, 0.05) is 115 Å². The molecule has 0 spiro atoms. The fraction of sp³-hybridized carbons (Fsp3) is 0.823. The Hall–Kier alpha value is 1.67. The molecule has 14 nitrogen and oxygen atoms in total. The van der Waals surface area contributed by atoms with Crippen molar-refractivity contribution in [2.75, 3.05) is 131 Å². The van der Waals surface area contributed by atoms with Gasteiger partial charge in [-0.15, -0.1) is 92.8 Å². The molecule has 0 aliphatic heterocycles. The van der Waals surface area contributed by atoms with Gasteiger partial charge in [-0.25, -0.2) is 14.4 Å². The number of aliphatic hydroxyl groups is 1. The molecule has 0 atom stereocenters. The van der Waals surface area contributed by atoms with Crippen LogP contribution in [0.3, 0.4) is 0 Å². The number of nitrogens with one attached hydrogen (secondary N) is 2. The van der Waals surface area contributed by atoms with Gasteiger partial charge in [0.1, 0.15) is 16.8 Å². The Morgan fingerprint density at radius 2 is 0.934 bits per heavy atom. The first-order valence-electron chi connectivity index (χ1n) is 29.2. The summed E-state index contributed by atoms with van der Waals surface area (Å²) in [6.07, 6.45) is -0.964. The number of amides is 3. The van der Waals surface area contributed by atoms with Crippen LogP contribution in [-0.2, 0) is 41.1 Å². The first kappa shape index (κ1) is 109. The van der Waals surface area contributed by atoms with E-state index in [0.29, 0.717) is 53.7 Å². The van der Waals surface area contributed by atoms with Crippen LogP contribution >= 0.6 is 142 Å². The van der Waals surface area contributed by atoms with Gasteiger partial charge in [-0.2, -0.15) is 61.9 Å². The first-order valence-corrected chi connectivity index (χ1v) is 38.5. The summed E-state index contributed by atoms with van der Waals surface area (Å²) in [6.45, 7) is 43.9. The summed E-state index contributed by atoms with van der Waals surface area (Å²) in [5.41, 5.74) is 0.561. The summed E-state index contributed by atoms with van der Waals surface area (Å²) in [7, 11) is 3.29. The van der Waals surface area contributed by atoms with Gasteiger partial charge in [-0.05, 0) is 135 Å². The minimum Gasteiger partial charge on any atom is -0.787 e. The predicted molar refractivity (Wildman–Crippen MR) is 410 cm³/mol. The molecule has 0 aromatic heterocycles. The smallest absolute Gasteiger partial charge is 0.787 e. The predicted octanol–water partition coefficient (Wildman–Crippen LogP) is 14.5. The molecule has 0 heterocycles. The molecule has 0 aliphatic carbocycles. The molecule has 0 bridgehead atoms. The number of aryl methyl sites for hydroxylation is 1. The SMILES string of the molecule is C=C(CCl)CCl.CC(C)(C)[S-].CN(CC(CCl)CCl)C(=O)OC(C)(C)C.CN(CC(CSC(C)(C)C)CSC(C)(C)C)C(=O)OC(C)(C)C.CNC(=O)OC(C)(C)C.CNCC(CS)CS.Cc1ccc(S(=O)(=O)OCC(CCl)CCl)cc1.OCC(CCl)CCl.[Na+]. The Labute approximate surface area is 642 Å². The molecule has 540 valence electrons. The van der Waals surface area contributed by atoms with Crippen LogP contribution in [0.4, 0.5) is 14.4 Å². The molecule has 0 aliphatic rings. The summed E-state index contributed by atoms with van der Waals surface area (Å²) < 4.78 is 44.5. The summed E-state index contributed by atoms with van der Waals surface area (Å²) in [5.74, 6) is 8.30. The number of allylic oxidation sites excluding steroid dienone is 1. The van der Waals surface area contributed by atoms with E-state index in [9.17, 15) is 22.8 Å². The fourth-order valence-electron chi connectivity index (χ4n) is 4.70. The van der Waals surface area contributed by atoms with Crippen molar-refractivity contribution in [3.05, 3.63) is 42.0 Å². The fourth-order valence-corrected chi connectivity index (χ4v) is 10.3. The molecule has 1 aromatic carbocycles. The number of aliphatic hydroxyl groups excluding tert-OH is 1. The number of alkyl halides is 8. The van der Waals surface area contributed by atoms with Crippen molar-refractivity contribution in [3.63, 3.8) is 0 Å². The number of ether oxygens (including phenoxy) is 3. The number of nitrogens with zero attached hydrogens (tertiary/aromatic N) is 2. The topological polar surface area (TPSA) is 173 Å². The van der Waals surface area contributed by atoms with E-state index in [-0.39, 0.29) is 115 Å². The molecule has 0 fully saturated rings. The average Bonchev–Trinajstić information content (AvgIpc) is 2.17. The van der Waals surface area contributed by atoms with Crippen LogP contribution in [0.2, 0.25) is 0 Å². The van der Waals surface area contributed by atoms with E-state index < -0.39 is 21.3 Å². The van der Waals surface area contributed by atoms with Crippen molar-refractivity contribution in [1.82, 2.24) is 20.4 Å². The van der Waals surface area contributed by atoms with Gasteiger partial charge in [0.15, 0.2) is 0 Å². The standard InChI is InChI=1S/C18H37NO2S2.C11H14Cl2O3S.C10H19Cl2NO2.C6H13NO2.C5H13NS2.C4H8Cl2O.C4H6Cl2.C4H10S.Na/c1-16(2,3)21-15(20)19(10)11-14(12-22-17(4,5)6)13-23-18(7,8)9;1-9-2-4-11(5-3-9)17(14,15)16-8-10(6-12)7-13;1-10(2,3)15-9(14)13(4)7-8(5-11)6-12;1-6(2,3)9-5(8)7-4;1-6-2-5(3-7)4-8;5-1-4(2-6)3-7;1-4(2-5)3-6;1-4(2,3)5;/h14H,11-13H2,1-10H3;2-5,10H,6-8H2,1H3;8H,5-7H2,1-4H3;1-4H3,(H,7,8);5-8H,2-4H2,1H3;4,7H,1-3H2;1-3H2;5H,1-3H3;/q;;;;;;;;+1/p-1. The minimum atomic E-state index is -3.71. The summed E-state index contributed by atoms with van der Waals surface area (Å²) >= 11 is 60.8.